The van der Waals surface area contributed by atoms with Crippen LogP contribution in [0.15, 0.2) is 48.5 Å². The SMILES string of the molecule is Cc1cc(C)cc(Nc2nc(C)cc(C(=O)NCCc3ccccc3F)n2)c1. The van der Waals surface area contributed by atoms with Gasteiger partial charge in [-0.3, -0.25) is 4.79 Å². The average molecular weight is 378 g/mol. The largest absolute Gasteiger partial charge is 0.350 e. The molecule has 2 N–H and O–H groups in total. The minimum absolute atomic E-state index is 0.269. The van der Waals surface area contributed by atoms with Gasteiger partial charge in [0.05, 0.1) is 0 Å². The molecule has 0 saturated carbocycles. The Bertz CT molecular complexity index is 983. The van der Waals surface area contributed by atoms with Crippen molar-refractivity contribution in [2.45, 2.75) is 27.2 Å². The minimum Gasteiger partial charge on any atom is -0.350 e. The molecule has 1 heterocycles. The van der Waals surface area contributed by atoms with E-state index in [2.05, 4.69) is 26.7 Å². The summed E-state index contributed by atoms with van der Waals surface area (Å²) in [6.45, 7) is 6.17. The van der Waals surface area contributed by atoms with Gasteiger partial charge >= 0.3 is 0 Å². The number of carbonyl (C=O) groups excluding carboxylic acids is 1. The molecular weight excluding hydrogens is 355 g/mol. The highest BCUT2D eigenvalue weighted by Crippen LogP contribution is 2.18. The number of amides is 1. The fourth-order valence-corrected chi connectivity index (χ4v) is 3.02. The van der Waals surface area contributed by atoms with Crippen LogP contribution in [0, 0.1) is 26.6 Å². The van der Waals surface area contributed by atoms with Gasteiger partial charge in [-0.15, -0.1) is 0 Å². The lowest BCUT2D eigenvalue weighted by molar-refractivity contribution is 0.0949. The van der Waals surface area contributed by atoms with Crippen LogP contribution in [0.1, 0.15) is 32.9 Å². The quantitative estimate of drug-likeness (QED) is 0.673. The lowest BCUT2D eigenvalue weighted by Crippen LogP contribution is -2.27. The van der Waals surface area contributed by atoms with Crippen LogP contribution in [-0.2, 0) is 6.42 Å². The van der Waals surface area contributed by atoms with Crippen LogP contribution in [0.25, 0.3) is 0 Å². The van der Waals surface area contributed by atoms with Crippen molar-refractivity contribution >= 4 is 17.5 Å². The minimum atomic E-state index is -0.315. The third-order valence-corrected chi connectivity index (χ3v) is 4.20. The van der Waals surface area contributed by atoms with Crippen LogP contribution in [0.3, 0.4) is 0 Å². The topological polar surface area (TPSA) is 66.9 Å². The Labute approximate surface area is 164 Å². The van der Waals surface area contributed by atoms with Crippen molar-refractivity contribution in [3.63, 3.8) is 0 Å². The molecule has 28 heavy (non-hydrogen) atoms. The van der Waals surface area contributed by atoms with E-state index in [1.54, 1.807) is 24.3 Å². The zero-order valence-corrected chi connectivity index (χ0v) is 16.2. The molecule has 0 aliphatic carbocycles. The molecule has 3 rings (SSSR count). The number of aromatic nitrogens is 2. The van der Waals surface area contributed by atoms with Crippen molar-refractivity contribution in [2.24, 2.45) is 0 Å². The molecule has 0 spiro atoms. The normalized spacial score (nSPS) is 10.6. The molecule has 2 aromatic carbocycles. The fourth-order valence-electron chi connectivity index (χ4n) is 3.02. The molecule has 0 saturated heterocycles. The van der Waals surface area contributed by atoms with Gasteiger partial charge in [0.2, 0.25) is 5.95 Å². The van der Waals surface area contributed by atoms with Gasteiger partial charge < -0.3 is 10.6 Å². The van der Waals surface area contributed by atoms with Gasteiger partial charge in [-0.25, -0.2) is 14.4 Å². The Hall–Kier alpha value is -3.28. The van der Waals surface area contributed by atoms with Crippen LogP contribution in [-0.4, -0.2) is 22.4 Å². The van der Waals surface area contributed by atoms with E-state index in [4.69, 9.17) is 0 Å². The van der Waals surface area contributed by atoms with E-state index in [-0.39, 0.29) is 17.4 Å². The van der Waals surface area contributed by atoms with Gasteiger partial charge in [-0.2, -0.15) is 0 Å². The predicted octanol–water partition coefficient (Wildman–Crippen LogP) is 4.26. The molecular formula is C22H23FN4O. The zero-order chi connectivity index (χ0) is 20.1. The number of hydrogen-bond donors (Lipinski definition) is 2. The summed E-state index contributed by atoms with van der Waals surface area (Å²) in [6.07, 6.45) is 0.413. The molecule has 0 atom stereocenters. The van der Waals surface area contributed by atoms with Gasteiger partial charge in [0, 0.05) is 17.9 Å². The molecule has 1 aromatic heterocycles. The Morgan fingerprint density at radius 1 is 1.00 bits per heavy atom. The maximum absolute atomic E-state index is 13.7. The highest BCUT2D eigenvalue weighted by Gasteiger charge is 2.11. The van der Waals surface area contributed by atoms with E-state index in [9.17, 15) is 9.18 Å². The molecule has 5 nitrogen and oxygen atoms in total. The third kappa shape index (κ3) is 5.13. The lowest BCUT2D eigenvalue weighted by Gasteiger charge is -2.10. The first-order chi connectivity index (χ1) is 13.4. The fraction of sp³-hybridized carbons (Fsp3) is 0.227. The summed E-state index contributed by atoms with van der Waals surface area (Å²) in [6, 6.07) is 14.2. The van der Waals surface area contributed by atoms with Gasteiger partial charge in [-0.05, 0) is 68.1 Å². The molecule has 0 aliphatic rings. The van der Waals surface area contributed by atoms with Gasteiger partial charge in [0.25, 0.3) is 5.91 Å². The van der Waals surface area contributed by atoms with E-state index in [0.29, 0.717) is 30.2 Å². The van der Waals surface area contributed by atoms with Crippen molar-refractivity contribution in [2.75, 3.05) is 11.9 Å². The maximum atomic E-state index is 13.7. The number of nitrogens with zero attached hydrogens (tertiary/aromatic N) is 2. The van der Waals surface area contributed by atoms with Gasteiger partial charge in [0.1, 0.15) is 11.5 Å². The number of halogens is 1. The lowest BCUT2D eigenvalue weighted by atomic mass is 10.1. The number of carbonyl (C=O) groups is 1. The first-order valence-corrected chi connectivity index (χ1v) is 9.13. The summed E-state index contributed by atoms with van der Waals surface area (Å²) in [7, 11) is 0. The van der Waals surface area contributed by atoms with E-state index in [0.717, 1.165) is 16.8 Å². The highest BCUT2D eigenvalue weighted by molar-refractivity contribution is 5.92. The second-order valence-electron chi connectivity index (χ2n) is 6.82. The maximum Gasteiger partial charge on any atom is 0.270 e. The molecule has 144 valence electrons. The Morgan fingerprint density at radius 2 is 1.71 bits per heavy atom. The first-order valence-electron chi connectivity index (χ1n) is 9.13. The van der Waals surface area contributed by atoms with E-state index in [1.165, 1.54) is 6.07 Å². The van der Waals surface area contributed by atoms with Gasteiger partial charge in [-0.1, -0.05) is 24.3 Å². The predicted molar refractivity (Wildman–Crippen MR) is 108 cm³/mol. The summed E-state index contributed by atoms with van der Waals surface area (Å²) in [5.41, 5.74) is 4.64. The van der Waals surface area contributed by atoms with Crippen LogP contribution < -0.4 is 10.6 Å². The average Bonchev–Trinajstić information content (AvgIpc) is 2.62. The third-order valence-electron chi connectivity index (χ3n) is 4.20. The first kappa shape index (κ1) is 19.5. The highest BCUT2D eigenvalue weighted by atomic mass is 19.1. The van der Waals surface area contributed by atoms with Crippen molar-refractivity contribution in [3.05, 3.63) is 82.4 Å². The number of hydrogen-bond acceptors (Lipinski definition) is 4. The van der Waals surface area contributed by atoms with E-state index in [1.807, 2.05) is 32.9 Å². The van der Waals surface area contributed by atoms with Crippen LogP contribution in [0.5, 0.6) is 0 Å². The summed E-state index contributed by atoms with van der Waals surface area (Å²) in [4.78, 5) is 21.1. The molecule has 0 aliphatic heterocycles. The summed E-state index contributed by atoms with van der Waals surface area (Å²) in [5.74, 6) is -0.218. The Kier molecular flexibility index (Phi) is 5.99. The molecule has 3 aromatic rings. The molecule has 0 unspecified atom stereocenters. The second kappa shape index (κ2) is 8.61. The standard InChI is InChI=1S/C22H23FN4O/c1-14-10-15(2)12-18(11-14)26-22-25-16(3)13-20(27-22)21(28)24-9-8-17-6-4-5-7-19(17)23/h4-7,10-13H,8-9H2,1-3H3,(H,24,28)(H,25,26,27). The number of benzene rings is 2. The zero-order valence-electron chi connectivity index (χ0n) is 16.2. The summed E-state index contributed by atoms with van der Waals surface area (Å²) >= 11 is 0. The van der Waals surface area contributed by atoms with Crippen molar-refractivity contribution < 1.29 is 9.18 Å². The molecule has 6 heteroatoms. The molecule has 0 radical (unpaired) electrons. The van der Waals surface area contributed by atoms with E-state index < -0.39 is 0 Å². The van der Waals surface area contributed by atoms with E-state index >= 15 is 0 Å². The summed E-state index contributed by atoms with van der Waals surface area (Å²) in [5, 5.41) is 5.95. The number of anilines is 2. The second-order valence-corrected chi connectivity index (χ2v) is 6.82. The molecule has 1 amide bonds. The van der Waals surface area contributed by atoms with Crippen LogP contribution >= 0.6 is 0 Å². The van der Waals surface area contributed by atoms with Crippen molar-refractivity contribution in [3.8, 4) is 0 Å². The van der Waals surface area contributed by atoms with Gasteiger partial charge in [0.15, 0.2) is 0 Å². The smallest absolute Gasteiger partial charge is 0.270 e. The molecule has 0 bridgehead atoms. The van der Waals surface area contributed by atoms with Crippen molar-refractivity contribution in [1.82, 2.24) is 15.3 Å². The number of aryl methyl sites for hydroxylation is 3. The summed E-state index contributed by atoms with van der Waals surface area (Å²) < 4.78 is 13.7. The van der Waals surface area contributed by atoms with Crippen LogP contribution in [0.4, 0.5) is 16.0 Å². The van der Waals surface area contributed by atoms with Crippen LogP contribution in [0.2, 0.25) is 0 Å². The monoisotopic (exact) mass is 378 g/mol. The molecule has 0 fully saturated rings. The number of nitrogens with one attached hydrogen (secondary N) is 2. The number of rotatable bonds is 6. The Morgan fingerprint density at radius 3 is 2.43 bits per heavy atom. The Balaban J connectivity index is 1.68. The van der Waals surface area contributed by atoms with Crippen molar-refractivity contribution in [1.29, 1.82) is 0 Å².